The van der Waals surface area contributed by atoms with E-state index in [-0.39, 0.29) is 0 Å². The number of halogens is 2. The predicted octanol–water partition coefficient (Wildman–Crippen LogP) is 4.52. The van der Waals surface area contributed by atoms with E-state index in [1.165, 1.54) is 0 Å². The van der Waals surface area contributed by atoms with Gasteiger partial charge in [-0.05, 0) is 24.6 Å². The molecule has 2 rings (SSSR count). The standard InChI is InChI=1S/C14H16Cl2N4/c1-3-4-12-19-13(17-2)8-14(20-12)18-9-5-6-10(15)11(16)7-9/h5-8H,3-4H2,1-2H3,(H2,17,18,19,20). The first kappa shape index (κ1) is 14.9. The number of anilines is 3. The lowest BCUT2D eigenvalue weighted by Crippen LogP contribution is -2.03. The van der Waals surface area contributed by atoms with E-state index in [9.17, 15) is 0 Å². The Kier molecular flexibility index (Phi) is 5.04. The van der Waals surface area contributed by atoms with E-state index in [1.54, 1.807) is 12.1 Å². The molecule has 20 heavy (non-hydrogen) atoms. The van der Waals surface area contributed by atoms with Crippen molar-refractivity contribution in [1.29, 1.82) is 0 Å². The fourth-order valence-corrected chi connectivity index (χ4v) is 2.04. The highest BCUT2D eigenvalue weighted by Crippen LogP contribution is 2.27. The summed E-state index contributed by atoms with van der Waals surface area (Å²) < 4.78 is 0. The third-order valence-electron chi connectivity index (χ3n) is 2.69. The third kappa shape index (κ3) is 3.74. The number of nitrogens with zero attached hydrogens (tertiary/aromatic N) is 2. The molecule has 0 saturated carbocycles. The molecule has 0 aliphatic carbocycles. The average molecular weight is 311 g/mol. The van der Waals surface area contributed by atoms with Gasteiger partial charge in [-0.3, -0.25) is 0 Å². The van der Waals surface area contributed by atoms with Gasteiger partial charge in [0, 0.05) is 25.2 Å². The van der Waals surface area contributed by atoms with Gasteiger partial charge in [0.15, 0.2) is 0 Å². The lowest BCUT2D eigenvalue weighted by atomic mass is 10.3. The van der Waals surface area contributed by atoms with Crippen molar-refractivity contribution in [3.63, 3.8) is 0 Å². The maximum atomic E-state index is 6.00. The van der Waals surface area contributed by atoms with Crippen LogP contribution in [-0.2, 0) is 6.42 Å². The van der Waals surface area contributed by atoms with Crippen molar-refractivity contribution in [3.05, 3.63) is 40.1 Å². The Morgan fingerprint density at radius 1 is 1.05 bits per heavy atom. The number of aromatic nitrogens is 2. The molecular weight excluding hydrogens is 295 g/mol. The summed E-state index contributed by atoms with van der Waals surface area (Å²) in [5.41, 5.74) is 0.836. The van der Waals surface area contributed by atoms with Gasteiger partial charge in [0.25, 0.3) is 0 Å². The van der Waals surface area contributed by atoms with Gasteiger partial charge >= 0.3 is 0 Å². The summed E-state index contributed by atoms with van der Waals surface area (Å²) in [5, 5.41) is 7.28. The van der Waals surface area contributed by atoms with Crippen LogP contribution < -0.4 is 10.6 Å². The fraction of sp³-hybridized carbons (Fsp3) is 0.286. The molecule has 0 aliphatic rings. The second kappa shape index (κ2) is 6.77. The first-order valence-electron chi connectivity index (χ1n) is 6.40. The summed E-state index contributed by atoms with van der Waals surface area (Å²) in [5.74, 6) is 2.32. The van der Waals surface area contributed by atoms with E-state index in [1.807, 2.05) is 19.2 Å². The number of nitrogens with one attached hydrogen (secondary N) is 2. The highest BCUT2D eigenvalue weighted by molar-refractivity contribution is 6.42. The summed E-state index contributed by atoms with van der Waals surface area (Å²) in [6.45, 7) is 2.10. The molecule has 4 nitrogen and oxygen atoms in total. The molecule has 1 aromatic heterocycles. The number of aryl methyl sites for hydroxylation is 1. The van der Waals surface area contributed by atoms with Gasteiger partial charge in [0.2, 0.25) is 0 Å². The molecule has 0 aliphatic heterocycles. The normalized spacial score (nSPS) is 10.4. The van der Waals surface area contributed by atoms with Crippen molar-refractivity contribution in [2.45, 2.75) is 19.8 Å². The van der Waals surface area contributed by atoms with Crippen LogP contribution in [0.15, 0.2) is 24.3 Å². The second-order valence-corrected chi connectivity index (χ2v) is 5.12. The monoisotopic (exact) mass is 310 g/mol. The van der Waals surface area contributed by atoms with E-state index in [2.05, 4.69) is 27.5 Å². The molecule has 1 aromatic carbocycles. The molecule has 0 spiro atoms. The summed E-state index contributed by atoms with van der Waals surface area (Å²) in [7, 11) is 1.83. The maximum Gasteiger partial charge on any atom is 0.136 e. The van der Waals surface area contributed by atoms with Crippen LogP contribution in [-0.4, -0.2) is 17.0 Å². The van der Waals surface area contributed by atoms with E-state index < -0.39 is 0 Å². The van der Waals surface area contributed by atoms with E-state index >= 15 is 0 Å². The smallest absolute Gasteiger partial charge is 0.136 e. The highest BCUT2D eigenvalue weighted by Gasteiger charge is 2.05. The Bertz CT molecular complexity index is 602. The number of hydrogen-bond acceptors (Lipinski definition) is 4. The molecule has 2 aromatic rings. The van der Waals surface area contributed by atoms with E-state index in [0.29, 0.717) is 10.0 Å². The van der Waals surface area contributed by atoms with Gasteiger partial charge in [0.05, 0.1) is 10.0 Å². The minimum Gasteiger partial charge on any atom is -0.373 e. The Balaban J connectivity index is 2.27. The van der Waals surface area contributed by atoms with Gasteiger partial charge in [-0.1, -0.05) is 30.1 Å². The van der Waals surface area contributed by atoms with Crippen molar-refractivity contribution in [2.24, 2.45) is 0 Å². The Morgan fingerprint density at radius 2 is 1.80 bits per heavy atom. The molecule has 0 saturated heterocycles. The molecule has 0 atom stereocenters. The van der Waals surface area contributed by atoms with Crippen LogP contribution in [0.25, 0.3) is 0 Å². The third-order valence-corrected chi connectivity index (χ3v) is 3.43. The molecule has 0 amide bonds. The van der Waals surface area contributed by atoms with E-state index in [4.69, 9.17) is 23.2 Å². The number of rotatable bonds is 5. The van der Waals surface area contributed by atoms with Crippen LogP contribution in [0, 0.1) is 0 Å². The van der Waals surface area contributed by atoms with Gasteiger partial charge in [-0.2, -0.15) is 0 Å². The minimum atomic E-state index is 0.508. The Labute approximate surface area is 128 Å². The molecule has 0 unspecified atom stereocenters. The van der Waals surface area contributed by atoms with Crippen LogP contribution in [0.4, 0.5) is 17.3 Å². The molecule has 0 radical (unpaired) electrons. The van der Waals surface area contributed by atoms with Crippen LogP contribution in [0.3, 0.4) is 0 Å². The molecule has 0 fully saturated rings. The van der Waals surface area contributed by atoms with Crippen molar-refractivity contribution < 1.29 is 0 Å². The highest BCUT2D eigenvalue weighted by atomic mass is 35.5. The van der Waals surface area contributed by atoms with Crippen LogP contribution in [0.2, 0.25) is 10.0 Å². The van der Waals surface area contributed by atoms with Gasteiger partial charge in [0.1, 0.15) is 17.5 Å². The predicted molar refractivity (Wildman–Crippen MR) is 85.3 cm³/mol. The Hall–Kier alpha value is -1.52. The first-order chi connectivity index (χ1) is 9.62. The molecule has 6 heteroatoms. The lowest BCUT2D eigenvalue weighted by molar-refractivity contribution is 0.838. The van der Waals surface area contributed by atoms with Crippen LogP contribution >= 0.6 is 23.2 Å². The fourth-order valence-electron chi connectivity index (χ4n) is 1.75. The largest absolute Gasteiger partial charge is 0.373 e. The second-order valence-electron chi connectivity index (χ2n) is 4.31. The average Bonchev–Trinajstić information content (AvgIpc) is 2.43. The molecule has 2 N–H and O–H groups in total. The van der Waals surface area contributed by atoms with Gasteiger partial charge in [-0.15, -0.1) is 0 Å². The summed E-state index contributed by atoms with van der Waals surface area (Å²) in [6, 6.07) is 7.22. The van der Waals surface area contributed by atoms with Crippen LogP contribution in [0.5, 0.6) is 0 Å². The van der Waals surface area contributed by atoms with Gasteiger partial charge < -0.3 is 10.6 Å². The summed E-state index contributed by atoms with van der Waals surface area (Å²) in [6.07, 6.45) is 1.84. The number of benzene rings is 1. The molecule has 0 bridgehead atoms. The molecule has 106 valence electrons. The molecule has 1 heterocycles. The summed E-state index contributed by atoms with van der Waals surface area (Å²) >= 11 is 11.9. The number of hydrogen-bond donors (Lipinski definition) is 2. The maximum absolute atomic E-state index is 6.00. The lowest BCUT2D eigenvalue weighted by Gasteiger charge is -2.10. The van der Waals surface area contributed by atoms with Crippen LogP contribution in [0.1, 0.15) is 19.2 Å². The van der Waals surface area contributed by atoms with Crippen molar-refractivity contribution in [2.75, 3.05) is 17.7 Å². The first-order valence-corrected chi connectivity index (χ1v) is 7.15. The summed E-state index contributed by atoms with van der Waals surface area (Å²) in [4.78, 5) is 8.89. The zero-order chi connectivity index (χ0) is 14.5. The van der Waals surface area contributed by atoms with Crippen molar-refractivity contribution in [3.8, 4) is 0 Å². The van der Waals surface area contributed by atoms with E-state index in [0.717, 1.165) is 36.0 Å². The molecular formula is C14H16Cl2N4. The topological polar surface area (TPSA) is 49.8 Å². The van der Waals surface area contributed by atoms with Crippen molar-refractivity contribution in [1.82, 2.24) is 9.97 Å². The Morgan fingerprint density at radius 3 is 2.45 bits per heavy atom. The van der Waals surface area contributed by atoms with Gasteiger partial charge in [-0.25, -0.2) is 9.97 Å². The van der Waals surface area contributed by atoms with Crippen molar-refractivity contribution >= 4 is 40.5 Å². The zero-order valence-electron chi connectivity index (χ0n) is 11.4. The minimum absolute atomic E-state index is 0.508. The SMILES string of the molecule is CCCc1nc(NC)cc(Nc2ccc(Cl)c(Cl)c2)n1. The zero-order valence-corrected chi connectivity index (χ0v) is 12.9. The quantitative estimate of drug-likeness (QED) is 0.852.